The Morgan fingerprint density at radius 1 is 0.300 bits per heavy atom. The van der Waals surface area contributed by atoms with Crippen LogP contribution < -0.4 is 0 Å². The molecule has 0 unspecified atom stereocenters. The van der Waals surface area contributed by atoms with Gasteiger partial charge in [0, 0.05) is 0 Å². The molecule has 50 heavy (non-hydrogen) atoms. The first kappa shape index (κ1) is 33.1. The molecule has 246 valence electrons. The molecule has 0 saturated heterocycles. The second kappa shape index (κ2) is 13.4. The maximum absolute atomic E-state index is 2.33. The number of hydrogen-bond acceptors (Lipinski definition) is 0. The maximum atomic E-state index is 2.33. The van der Waals surface area contributed by atoms with E-state index in [4.69, 9.17) is 0 Å². The summed E-state index contributed by atoms with van der Waals surface area (Å²) in [5, 5.41) is 16.2. The zero-order chi connectivity index (χ0) is 35.0. The fourth-order valence-corrected chi connectivity index (χ4v) is 7.48. The van der Waals surface area contributed by atoms with Crippen molar-refractivity contribution in [3.8, 4) is 0 Å². The highest BCUT2D eigenvalue weighted by atomic mass is 14.2. The minimum Gasteiger partial charge on any atom is -0.0616 e. The van der Waals surface area contributed by atoms with Crippen molar-refractivity contribution in [1.82, 2.24) is 0 Å². The van der Waals surface area contributed by atoms with Gasteiger partial charge in [-0.15, -0.1) is 0 Å². The van der Waals surface area contributed by atoms with Crippen LogP contribution in [0.4, 0.5) is 0 Å². The molecule has 0 N–H and O–H groups in total. The van der Waals surface area contributed by atoms with Gasteiger partial charge in [0.25, 0.3) is 0 Å². The lowest BCUT2D eigenvalue weighted by Crippen LogP contribution is -2.12. The first-order valence-electron chi connectivity index (χ1n) is 17.8. The topological polar surface area (TPSA) is 0 Å². The molecule has 0 atom stereocenters. The van der Waals surface area contributed by atoms with Gasteiger partial charge < -0.3 is 0 Å². The van der Waals surface area contributed by atoms with Crippen LogP contribution in [0.15, 0.2) is 152 Å². The van der Waals surface area contributed by atoms with Crippen LogP contribution in [0.3, 0.4) is 0 Å². The van der Waals surface area contributed by atoms with E-state index >= 15 is 0 Å². The third-order valence-electron chi connectivity index (χ3n) is 9.93. The quantitative estimate of drug-likeness (QED) is 0.144. The summed E-state index contributed by atoms with van der Waals surface area (Å²) in [5.74, 6) is 0. The molecule has 0 nitrogen and oxygen atoms in total. The van der Waals surface area contributed by atoms with Crippen molar-refractivity contribution in [1.29, 1.82) is 0 Å². The molecular formula is C50H46. The monoisotopic (exact) mass is 646 g/mol. The lowest BCUT2D eigenvalue weighted by Gasteiger charge is -2.22. The summed E-state index contributed by atoms with van der Waals surface area (Å²) in [6.07, 6.45) is 0. The fourth-order valence-electron chi connectivity index (χ4n) is 7.48. The standard InChI is InChI=1S/C19H20.C16H14.C15H12/c1-13-11-17-15-8-6-5-7-14(15)9-10-16(17)18(12-13)19(2,3)4;1-11-9-12(2)14-8-7-13-5-3-4-6-15(13)16(14)10-11;1-11-6-7-13-9-8-12-4-2-3-5-14(12)15(13)10-11/h5-12H,1-4H3;3-10H,1-2H3;2-10H,1H3. The molecule has 9 aromatic rings. The summed E-state index contributed by atoms with van der Waals surface area (Å²) in [4.78, 5) is 0. The molecule has 0 bridgehead atoms. The Morgan fingerprint density at radius 2 is 0.700 bits per heavy atom. The van der Waals surface area contributed by atoms with Gasteiger partial charge in [-0.2, -0.15) is 0 Å². The maximum Gasteiger partial charge on any atom is -0.00998 e. The number of hydrogen-bond donors (Lipinski definition) is 0. The van der Waals surface area contributed by atoms with Gasteiger partial charge >= 0.3 is 0 Å². The van der Waals surface area contributed by atoms with E-state index in [2.05, 4.69) is 200 Å². The van der Waals surface area contributed by atoms with Crippen LogP contribution in [0.25, 0.3) is 64.6 Å². The highest BCUT2D eigenvalue weighted by Gasteiger charge is 2.18. The second-order valence-corrected chi connectivity index (χ2v) is 14.9. The third kappa shape index (κ3) is 6.59. The molecule has 0 radical (unpaired) electrons. The summed E-state index contributed by atoms with van der Waals surface area (Å²) in [6.45, 7) is 15.5. The third-order valence-corrected chi connectivity index (χ3v) is 9.93. The van der Waals surface area contributed by atoms with Crippen molar-refractivity contribution in [3.05, 3.63) is 179 Å². The molecule has 0 spiro atoms. The zero-order valence-corrected chi connectivity index (χ0v) is 30.4. The van der Waals surface area contributed by atoms with E-state index in [9.17, 15) is 0 Å². The highest BCUT2D eigenvalue weighted by molar-refractivity contribution is 6.10. The lowest BCUT2D eigenvalue weighted by atomic mass is 9.82. The van der Waals surface area contributed by atoms with Crippen molar-refractivity contribution in [2.24, 2.45) is 0 Å². The van der Waals surface area contributed by atoms with Gasteiger partial charge in [-0.1, -0.05) is 189 Å². The van der Waals surface area contributed by atoms with E-state index in [0.717, 1.165) is 0 Å². The van der Waals surface area contributed by atoms with Crippen molar-refractivity contribution in [2.75, 3.05) is 0 Å². The van der Waals surface area contributed by atoms with Crippen molar-refractivity contribution in [2.45, 2.75) is 53.9 Å². The van der Waals surface area contributed by atoms with Crippen LogP contribution in [0.1, 0.15) is 48.6 Å². The van der Waals surface area contributed by atoms with Crippen LogP contribution in [0, 0.1) is 27.7 Å². The average molecular weight is 647 g/mol. The Bertz CT molecular complexity index is 2660. The molecule has 0 aromatic heterocycles. The van der Waals surface area contributed by atoms with Crippen molar-refractivity contribution >= 4 is 64.6 Å². The van der Waals surface area contributed by atoms with Gasteiger partial charge in [-0.05, 0) is 109 Å². The van der Waals surface area contributed by atoms with Gasteiger partial charge in [0.2, 0.25) is 0 Å². The molecular weight excluding hydrogens is 601 g/mol. The van der Waals surface area contributed by atoms with E-state index in [1.807, 2.05) is 0 Å². The summed E-state index contributed by atoms with van der Waals surface area (Å²) in [5.41, 5.74) is 6.97. The first-order valence-corrected chi connectivity index (χ1v) is 17.8. The summed E-state index contributed by atoms with van der Waals surface area (Å²) in [6, 6.07) is 54.9. The molecule has 9 aromatic carbocycles. The Kier molecular flexibility index (Phi) is 8.89. The summed E-state index contributed by atoms with van der Waals surface area (Å²) < 4.78 is 0. The molecule has 0 heteroatoms. The Balaban J connectivity index is 0.000000118. The van der Waals surface area contributed by atoms with Gasteiger partial charge in [0.1, 0.15) is 0 Å². The molecule has 9 rings (SSSR count). The van der Waals surface area contributed by atoms with Gasteiger partial charge in [0.05, 0.1) is 0 Å². The predicted molar refractivity (Wildman–Crippen MR) is 222 cm³/mol. The lowest BCUT2D eigenvalue weighted by molar-refractivity contribution is 0.595. The number of fused-ring (bicyclic) bond motifs is 9. The Morgan fingerprint density at radius 3 is 1.26 bits per heavy atom. The molecule has 0 aliphatic carbocycles. The van der Waals surface area contributed by atoms with Crippen LogP contribution >= 0.6 is 0 Å². The Hall–Kier alpha value is -5.46. The molecule has 0 saturated carbocycles. The van der Waals surface area contributed by atoms with E-state index in [0.29, 0.717) is 0 Å². The minimum atomic E-state index is 0.173. The second-order valence-electron chi connectivity index (χ2n) is 14.9. The Labute approximate surface area is 297 Å². The SMILES string of the molecule is Cc1cc(C(C)(C)C)c2ccc3ccccc3c2c1.Cc1cc(C)c2ccc3ccccc3c2c1.Cc1ccc2ccc3ccccc3c2c1. The van der Waals surface area contributed by atoms with E-state index in [-0.39, 0.29) is 5.41 Å². The fraction of sp³-hybridized carbons (Fsp3) is 0.160. The molecule has 0 amide bonds. The van der Waals surface area contributed by atoms with Crippen LogP contribution in [-0.2, 0) is 5.41 Å². The number of benzene rings is 9. The zero-order valence-electron chi connectivity index (χ0n) is 30.4. The highest BCUT2D eigenvalue weighted by Crippen LogP contribution is 2.35. The van der Waals surface area contributed by atoms with Crippen molar-refractivity contribution in [3.63, 3.8) is 0 Å². The number of aryl methyl sites for hydroxylation is 4. The summed E-state index contributed by atoms with van der Waals surface area (Å²) >= 11 is 0. The normalized spacial score (nSPS) is 11.5. The van der Waals surface area contributed by atoms with Gasteiger partial charge in [0.15, 0.2) is 0 Å². The van der Waals surface area contributed by atoms with Gasteiger partial charge in [-0.25, -0.2) is 0 Å². The van der Waals surface area contributed by atoms with Crippen molar-refractivity contribution < 1.29 is 0 Å². The molecule has 0 aliphatic heterocycles. The first-order chi connectivity index (χ1) is 24.1. The van der Waals surface area contributed by atoms with Gasteiger partial charge in [-0.3, -0.25) is 0 Å². The van der Waals surface area contributed by atoms with E-state index in [1.54, 1.807) is 0 Å². The minimum absolute atomic E-state index is 0.173. The largest absolute Gasteiger partial charge is 0.0616 e. The number of rotatable bonds is 0. The summed E-state index contributed by atoms with van der Waals surface area (Å²) in [7, 11) is 0. The molecule has 0 aliphatic rings. The van der Waals surface area contributed by atoms with E-state index in [1.165, 1.54) is 92.5 Å². The van der Waals surface area contributed by atoms with Crippen LogP contribution in [-0.4, -0.2) is 0 Å². The molecule has 0 fully saturated rings. The van der Waals surface area contributed by atoms with E-state index < -0.39 is 0 Å². The van der Waals surface area contributed by atoms with Crippen LogP contribution in [0.2, 0.25) is 0 Å². The van der Waals surface area contributed by atoms with Crippen LogP contribution in [0.5, 0.6) is 0 Å². The average Bonchev–Trinajstić information content (AvgIpc) is 3.11. The predicted octanol–water partition coefficient (Wildman–Crippen LogP) is 14.5. The molecule has 0 heterocycles. The smallest absolute Gasteiger partial charge is 0.00998 e.